The lowest BCUT2D eigenvalue weighted by Gasteiger charge is -2.18. The van der Waals surface area contributed by atoms with E-state index >= 15 is 0 Å². The summed E-state index contributed by atoms with van der Waals surface area (Å²) in [6.07, 6.45) is 0. The number of nitrogens with one attached hydrogen (secondary N) is 1. The van der Waals surface area contributed by atoms with Gasteiger partial charge in [-0.25, -0.2) is 8.42 Å². The third kappa shape index (κ3) is 5.82. The van der Waals surface area contributed by atoms with Crippen molar-refractivity contribution in [2.24, 2.45) is 5.92 Å². The molecule has 1 unspecified atom stereocenters. The summed E-state index contributed by atoms with van der Waals surface area (Å²) >= 11 is 0. The summed E-state index contributed by atoms with van der Waals surface area (Å²) in [7, 11) is -2.98. The number of hydrogen-bond donors (Lipinski definition) is 1. The zero-order chi connectivity index (χ0) is 15.2. The second-order valence-corrected chi connectivity index (χ2v) is 7.84. The van der Waals surface area contributed by atoms with Gasteiger partial charge in [-0.05, 0) is 25.0 Å². The zero-order valence-corrected chi connectivity index (χ0v) is 13.5. The average molecular weight is 299 g/mol. The molecule has 0 amide bonds. The lowest BCUT2D eigenvalue weighted by atomic mass is 10.2. The normalized spacial score (nSPS) is 13.2. The number of benzene rings is 1. The van der Waals surface area contributed by atoms with Gasteiger partial charge in [-0.15, -0.1) is 0 Å². The van der Waals surface area contributed by atoms with E-state index < -0.39 is 9.84 Å². The molecule has 4 nitrogen and oxygen atoms in total. The van der Waals surface area contributed by atoms with Crippen LogP contribution in [0.5, 0.6) is 5.75 Å². The van der Waals surface area contributed by atoms with E-state index in [0.717, 1.165) is 11.4 Å². The van der Waals surface area contributed by atoms with Gasteiger partial charge in [-0.2, -0.15) is 0 Å². The molecule has 1 aromatic rings. The fourth-order valence-electron chi connectivity index (χ4n) is 1.77. The minimum atomic E-state index is -2.98. The molecule has 0 heterocycles. The molecular weight excluding hydrogens is 274 g/mol. The molecule has 0 aliphatic rings. The van der Waals surface area contributed by atoms with Crippen LogP contribution in [0.15, 0.2) is 24.3 Å². The molecular formula is C15H25NO3S. The molecule has 0 radical (unpaired) electrons. The second-order valence-electron chi connectivity index (χ2n) is 5.45. The third-order valence-electron chi connectivity index (χ3n) is 2.80. The van der Waals surface area contributed by atoms with Crippen LogP contribution in [0.1, 0.15) is 27.7 Å². The van der Waals surface area contributed by atoms with Crippen molar-refractivity contribution in [1.82, 2.24) is 0 Å². The standard InChI is InChI=1S/C15H25NO3S/c1-5-20(17,18)11-13(4)16-14-8-6-7-9-15(14)19-10-12(2)3/h6-9,12-13,16H,5,10-11H2,1-4H3. The van der Waals surface area contributed by atoms with Crippen LogP contribution in [0.3, 0.4) is 0 Å². The fourth-order valence-corrected chi connectivity index (χ4v) is 2.85. The Morgan fingerprint density at radius 2 is 1.85 bits per heavy atom. The monoisotopic (exact) mass is 299 g/mol. The van der Waals surface area contributed by atoms with Crippen LogP contribution < -0.4 is 10.1 Å². The van der Waals surface area contributed by atoms with Gasteiger partial charge in [-0.1, -0.05) is 32.9 Å². The number of para-hydroxylation sites is 2. The maximum Gasteiger partial charge on any atom is 0.152 e. The Morgan fingerprint density at radius 3 is 2.45 bits per heavy atom. The Bertz CT molecular complexity index is 512. The van der Waals surface area contributed by atoms with Gasteiger partial charge in [0, 0.05) is 11.8 Å². The number of anilines is 1. The molecule has 20 heavy (non-hydrogen) atoms. The number of sulfone groups is 1. The first-order valence-corrected chi connectivity index (χ1v) is 8.85. The Morgan fingerprint density at radius 1 is 1.20 bits per heavy atom. The molecule has 5 heteroatoms. The Labute approximate surface area is 122 Å². The van der Waals surface area contributed by atoms with E-state index in [1.807, 2.05) is 31.2 Å². The van der Waals surface area contributed by atoms with E-state index in [1.165, 1.54) is 0 Å². The molecule has 0 aliphatic carbocycles. The van der Waals surface area contributed by atoms with Gasteiger partial charge in [-0.3, -0.25) is 0 Å². The highest BCUT2D eigenvalue weighted by molar-refractivity contribution is 7.91. The van der Waals surface area contributed by atoms with Crippen molar-refractivity contribution >= 4 is 15.5 Å². The predicted molar refractivity (Wildman–Crippen MR) is 84.2 cm³/mol. The molecule has 1 aromatic carbocycles. The van der Waals surface area contributed by atoms with Gasteiger partial charge in [0.15, 0.2) is 9.84 Å². The quantitative estimate of drug-likeness (QED) is 0.802. The summed E-state index contributed by atoms with van der Waals surface area (Å²) in [6.45, 7) is 8.35. The van der Waals surface area contributed by atoms with Crippen molar-refractivity contribution < 1.29 is 13.2 Å². The van der Waals surface area contributed by atoms with E-state index in [-0.39, 0.29) is 17.5 Å². The van der Waals surface area contributed by atoms with Crippen LogP contribution in [0, 0.1) is 5.92 Å². The first-order chi connectivity index (χ1) is 9.34. The Balaban J connectivity index is 2.71. The van der Waals surface area contributed by atoms with Crippen molar-refractivity contribution in [2.75, 3.05) is 23.4 Å². The summed E-state index contributed by atoms with van der Waals surface area (Å²) in [6, 6.07) is 7.47. The summed E-state index contributed by atoms with van der Waals surface area (Å²) < 4.78 is 29.0. The summed E-state index contributed by atoms with van der Waals surface area (Å²) in [5, 5.41) is 3.22. The van der Waals surface area contributed by atoms with Gasteiger partial charge < -0.3 is 10.1 Å². The number of ether oxygens (including phenoxy) is 1. The van der Waals surface area contributed by atoms with Crippen molar-refractivity contribution in [1.29, 1.82) is 0 Å². The molecule has 0 aliphatic heterocycles. The van der Waals surface area contributed by atoms with E-state index in [4.69, 9.17) is 4.74 Å². The smallest absolute Gasteiger partial charge is 0.152 e. The van der Waals surface area contributed by atoms with Crippen LogP contribution in [-0.4, -0.2) is 32.6 Å². The van der Waals surface area contributed by atoms with Crippen LogP contribution in [0.25, 0.3) is 0 Å². The van der Waals surface area contributed by atoms with E-state index in [0.29, 0.717) is 12.5 Å². The molecule has 0 bridgehead atoms. The van der Waals surface area contributed by atoms with Gasteiger partial charge in [0.05, 0.1) is 18.0 Å². The molecule has 1 rings (SSSR count). The van der Waals surface area contributed by atoms with Crippen molar-refractivity contribution in [3.8, 4) is 5.75 Å². The lowest BCUT2D eigenvalue weighted by Crippen LogP contribution is -2.27. The molecule has 114 valence electrons. The molecule has 1 atom stereocenters. The van der Waals surface area contributed by atoms with Gasteiger partial charge in [0.25, 0.3) is 0 Å². The number of rotatable bonds is 8. The molecule has 0 fully saturated rings. The molecule has 0 saturated heterocycles. The highest BCUT2D eigenvalue weighted by atomic mass is 32.2. The highest BCUT2D eigenvalue weighted by Gasteiger charge is 2.15. The SMILES string of the molecule is CCS(=O)(=O)CC(C)Nc1ccccc1OCC(C)C. The van der Waals surface area contributed by atoms with Crippen molar-refractivity contribution in [3.63, 3.8) is 0 Å². The van der Waals surface area contributed by atoms with Crippen molar-refractivity contribution in [3.05, 3.63) is 24.3 Å². The zero-order valence-electron chi connectivity index (χ0n) is 12.7. The van der Waals surface area contributed by atoms with Crippen LogP contribution >= 0.6 is 0 Å². The first-order valence-electron chi connectivity index (χ1n) is 7.03. The van der Waals surface area contributed by atoms with E-state index in [2.05, 4.69) is 19.2 Å². The molecule has 0 spiro atoms. The maximum atomic E-state index is 11.6. The molecule has 0 saturated carbocycles. The predicted octanol–water partition coefficient (Wildman–Crippen LogP) is 2.96. The summed E-state index contributed by atoms with van der Waals surface area (Å²) in [5.41, 5.74) is 0.840. The summed E-state index contributed by atoms with van der Waals surface area (Å²) in [5.74, 6) is 1.51. The largest absolute Gasteiger partial charge is 0.491 e. The van der Waals surface area contributed by atoms with Gasteiger partial charge in [0.2, 0.25) is 0 Å². The minimum Gasteiger partial charge on any atom is -0.491 e. The van der Waals surface area contributed by atoms with Crippen LogP contribution in [-0.2, 0) is 9.84 Å². The maximum absolute atomic E-state index is 11.6. The van der Waals surface area contributed by atoms with E-state index in [9.17, 15) is 8.42 Å². The first kappa shape index (κ1) is 16.8. The van der Waals surface area contributed by atoms with Gasteiger partial charge in [0.1, 0.15) is 5.75 Å². The van der Waals surface area contributed by atoms with E-state index in [1.54, 1.807) is 6.92 Å². The van der Waals surface area contributed by atoms with Crippen LogP contribution in [0.4, 0.5) is 5.69 Å². The average Bonchev–Trinajstić information content (AvgIpc) is 2.37. The third-order valence-corrected chi connectivity index (χ3v) is 4.69. The summed E-state index contributed by atoms with van der Waals surface area (Å²) in [4.78, 5) is 0. The second kappa shape index (κ2) is 7.53. The highest BCUT2D eigenvalue weighted by Crippen LogP contribution is 2.25. The number of hydrogen-bond acceptors (Lipinski definition) is 4. The molecule has 1 N–H and O–H groups in total. The Kier molecular flexibility index (Phi) is 6.33. The van der Waals surface area contributed by atoms with Crippen molar-refractivity contribution in [2.45, 2.75) is 33.7 Å². The lowest BCUT2D eigenvalue weighted by molar-refractivity contribution is 0.272. The fraction of sp³-hybridized carbons (Fsp3) is 0.600. The van der Waals surface area contributed by atoms with Crippen LogP contribution in [0.2, 0.25) is 0 Å². The minimum absolute atomic E-state index is 0.127. The van der Waals surface area contributed by atoms with Gasteiger partial charge >= 0.3 is 0 Å². The topological polar surface area (TPSA) is 55.4 Å². The Hall–Kier alpha value is -1.23. The molecule has 0 aromatic heterocycles.